The maximum absolute atomic E-state index is 12.5. The number of amides is 1. The summed E-state index contributed by atoms with van der Waals surface area (Å²) in [7, 11) is 0. The van der Waals surface area contributed by atoms with Gasteiger partial charge in [0.05, 0.1) is 6.54 Å². The number of nitrogens with one attached hydrogen (secondary N) is 1. The summed E-state index contributed by atoms with van der Waals surface area (Å²) < 4.78 is 0. The number of carbonyl (C=O) groups excluding carboxylic acids is 1. The lowest BCUT2D eigenvalue weighted by atomic mass is 10.1. The first kappa shape index (κ1) is 18.6. The highest BCUT2D eigenvalue weighted by Gasteiger charge is 2.22. The zero-order valence-electron chi connectivity index (χ0n) is 15.7. The van der Waals surface area contributed by atoms with Crippen molar-refractivity contribution in [1.29, 1.82) is 0 Å². The predicted octanol–water partition coefficient (Wildman–Crippen LogP) is 4.03. The summed E-state index contributed by atoms with van der Waals surface area (Å²) in [6.07, 6.45) is 0. The maximum atomic E-state index is 12.5. The van der Waals surface area contributed by atoms with Gasteiger partial charge in [-0.1, -0.05) is 29.8 Å². The van der Waals surface area contributed by atoms with Gasteiger partial charge in [-0.05, 0) is 55.7 Å². The molecule has 0 saturated carbocycles. The molecule has 4 nitrogen and oxygen atoms in total. The van der Waals surface area contributed by atoms with Crippen LogP contribution in [0.5, 0.6) is 0 Å². The Hall–Kier alpha value is -2.20. The number of carbonyl (C=O) groups is 1. The number of hydrogen-bond acceptors (Lipinski definition) is 3. The highest BCUT2D eigenvalue weighted by molar-refractivity contribution is 6.31. The van der Waals surface area contributed by atoms with E-state index < -0.39 is 0 Å². The highest BCUT2D eigenvalue weighted by atomic mass is 35.5. The third-order valence-corrected chi connectivity index (χ3v) is 5.57. The first-order chi connectivity index (χ1) is 12.5. The van der Waals surface area contributed by atoms with E-state index in [1.54, 1.807) is 0 Å². The number of nitrogens with zero attached hydrogens (tertiary/aromatic N) is 2. The molecule has 5 heteroatoms. The van der Waals surface area contributed by atoms with Crippen molar-refractivity contribution in [2.75, 3.05) is 42.9 Å². The molecule has 138 valence electrons. The second kappa shape index (κ2) is 8.00. The van der Waals surface area contributed by atoms with Crippen LogP contribution in [0.25, 0.3) is 0 Å². The fourth-order valence-electron chi connectivity index (χ4n) is 3.27. The molecule has 0 aliphatic carbocycles. The molecule has 1 heterocycles. The van der Waals surface area contributed by atoms with Crippen LogP contribution < -0.4 is 10.2 Å². The molecule has 1 N–H and O–H groups in total. The Labute approximate surface area is 160 Å². The summed E-state index contributed by atoms with van der Waals surface area (Å²) in [5, 5.41) is 3.89. The monoisotopic (exact) mass is 371 g/mol. The van der Waals surface area contributed by atoms with Crippen molar-refractivity contribution in [3.8, 4) is 0 Å². The lowest BCUT2D eigenvalue weighted by molar-refractivity contribution is -0.129. The summed E-state index contributed by atoms with van der Waals surface area (Å²) in [6.45, 7) is 9.81. The topological polar surface area (TPSA) is 35.6 Å². The van der Waals surface area contributed by atoms with Crippen LogP contribution in [0.1, 0.15) is 16.7 Å². The van der Waals surface area contributed by atoms with Crippen LogP contribution in [-0.2, 0) is 4.79 Å². The van der Waals surface area contributed by atoms with Crippen LogP contribution in [0.4, 0.5) is 11.4 Å². The van der Waals surface area contributed by atoms with E-state index in [1.165, 1.54) is 16.8 Å². The van der Waals surface area contributed by atoms with E-state index in [0.717, 1.165) is 37.4 Å². The van der Waals surface area contributed by atoms with Crippen molar-refractivity contribution < 1.29 is 4.79 Å². The molecule has 1 amide bonds. The SMILES string of the molecule is Cc1ccc(NCC(=O)N2CCN(c3cccc(C)c3C)CC2)cc1Cl. The minimum atomic E-state index is 0.127. The van der Waals surface area contributed by atoms with E-state index in [9.17, 15) is 4.79 Å². The number of aryl methyl sites for hydroxylation is 2. The maximum Gasteiger partial charge on any atom is 0.241 e. The normalized spacial score (nSPS) is 14.5. The average Bonchev–Trinajstić information content (AvgIpc) is 2.65. The molecule has 2 aromatic rings. The van der Waals surface area contributed by atoms with Gasteiger partial charge in [0.15, 0.2) is 0 Å². The second-order valence-electron chi connectivity index (χ2n) is 6.90. The summed E-state index contributed by atoms with van der Waals surface area (Å²) in [6, 6.07) is 12.2. The van der Waals surface area contributed by atoms with Crippen molar-refractivity contribution in [3.63, 3.8) is 0 Å². The molecule has 0 atom stereocenters. The van der Waals surface area contributed by atoms with Crippen molar-refractivity contribution in [2.24, 2.45) is 0 Å². The number of rotatable bonds is 4. The molecule has 0 radical (unpaired) electrons. The highest BCUT2D eigenvalue weighted by Crippen LogP contribution is 2.24. The van der Waals surface area contributed by atoms with Crippen molar-refractivity contribution in [3.05, 3.63) is 58.1 Å². The number of anilines is 2. The van der Waals surface area contributed by atoms with Crippen molar-refractivity contribution >= 4 is 28.9 Å². The number of piperazine rings is 1. The Morgan fingerprint density at radius 2 is 1.77 bits per heavy atom. The Morgan fingerprint density at radius 1 is 1.04 bits per heavy atom. The van der Waals surface area contributed by atoms with Gasteiger partial charge >= 0.3 is 0 Å². The number of halogens is 1. The lowest BCUT2D eigenvalue weighted by Crippen LogP contribution is -2.50. The van der Waals surface area contributed by atoms with E-state index in [0.29, 0.717) is 11.6 Å². The van der Waals surface area contributed by atoms with Gasteiger partial charge in [-0.25, -0.2) is 0 Å². The van der Waals surface area contributed by atoms with Crippen LogP contribution >= 0.6 is 11.6 Å². The average molecular weight is 372 g/mol. The molecule has 3 rings (SSSR count). The number of hydrogen-bond donors (Lipinski definition) is 1. The van der Waals surface area contributed by atoms with Crippen LogP contribution in [-0.4, -0.2) is 43.5 Å². The van der Waals surface area contributed by atoms with Gasteiger partial charge in [0, 0.05) is 42.6 Å². The van der Waals surface area contributed by atoms with Crippen LogP contribution in [0.3, 0.4) is 0 Å². The lowest BCUT2D eigenvalue weighted by Gasteiger charge is -2.37. The third kappa shape index (κ3) is 4.13. The third-order valence-electron chi connectivity index (χ3n) is 5.16. The summed E-state index contributed by atoms with van der Waals surface area (Å²) in [5.41, 5.74) is 5.82. The van der Waals surface area contributed by atoms with E-state index in [-0.39, 0.29) is 5.91 Å². The molecule has 0 spiro atoms. The molecule has 1 aliphatic heterocycles. The fourth-order valence-corrected chi connectivity index (χ4v) is 3.45. The summed E-state index contributed by atoms with van der Waals surface area (Å²) in [5.74, 6) is 0.127. The molecule has 0 aromatic heterocycles. The standard InChI is InChI=1S/C21H26ClN3O/c1-15-5-4-6-20(17(15)3)24-9-11-25(12-10-24)21(26)14-23-18-8-7-16(2)19(22)13-18/h4-8,13,23H,9-12,14H2,1-3H3. The predicted molar refractivity (Wildman–Crippen MR) is 109 cm³/mol. The molecular weight excluding hydrogens is 346 g/mol. The van der Waals surface area contributed by atoms with Gasteiger partial charge < -0.3 is 15.1 Å². The Bertz CT molecular complexity index is 798. The van der Waals surface area contributed by atoms with Gasteiger partial charge in [-0.3, -0.25) is 4.79 Å². The van der Waals surface area contributed by atoms with Gasteiger partial charge in [-0.15, -0.1) is 0 Å². The Balaban J connectivity index is 1.53. The second-order valence-corrected chi connectivity index (χ2v) is 7.31. The Morgan fingerprint density at radius 3 is 2.46 bits per heavy atom. The summed E-state index contributed by atoms with van der Waals surface area (Å²) >= 11 is 6.14. The molecule has 1 saturated heterocycles. The van der Waals surface area contributed by atoms with Crippen molar-refractivity contribution in [2.45, 2.75) is 20.8 Å². The zero-order valence-corrected chi connectivity index (χ0v) is 16.4. The van der Waals surface area contributed by atoms with Crippen LogP contribution in [0, 0.1) is 20.8 Å². The van der Waals surface area contributed by atoms with Crippen LogP contribution in [0.2, 0.25) is 5.02 Å². The fraction of sp³-hybridized carbons (Fsp3) is 0.381. The van der Waals surface area contributed by atoms with E-state index in [4.69, 9.17) is 11.6 Å². The Kier molecular flexibility index (Phi) is 5.72. The molecule has 0 bridgehead atoms. The van der Waals surface area contributed by atoms with Crippen LogP contribution in [0.15, 0.2) is 36.4 Å². The summed E-state index contributed by atoms with van der Waals surface area (Å²) in [4.78, 5) is 16.8. The van der Waals surface area contributed by atoms with E-state index >= 15 is 0 Å². The first-order valence-electron chi connectivity index (χ1n) is 9.04. The molecule has 1 aliphatic rings. The quantitative estimate of drug-likeness (QED) is 0.881. The first-order valence-corrected chi connectivity index (χ1v) is 9.42. The van der Waals surface area contributed by atoms with Gasteiger partial charge in [0.25, 0.3) is 0 Å². The molecule has 2 aromatic carbocycles. The van der Waals surface area contributed by atoms with Gasteiger partial charge in [0.1, 0.15) is 0 Å². The smallest absolute Gasteiger partial charge is 0.241 e. The van der Waals surface area contributed by atoms with Crippen molar-refractivity contribution in [1.82, 2.24) is 4.90 Å². The van der Waals surface area contributed by atoms with Gasteiger partial charge in [-0.2, -0.15) is 0 Å². The minimum Gasteiger partial charge on any atom is -0.376 e. The van der Waals surface area contributed by atoms with E-state index in [2.05, 4.69) is 42.3 Å². The largest absolute Gasteiger partial charge is 0.376 e. The molecule has 0 unspecified atom stereocenters. The van der Waals surface area contributed by atoms with E-state index in [1.807, 2.05) is 30.0 Å². The number of benzene rings is 2. The molecular formula is C21H26ClN3O. The minimum absolute atomic E-state index is 0.127. The molecule has 26 heavy (non-hydrogen) atoms. The molecule has 1 fully saturated rings. The van der Waals surface area contributed by atoms with Gasteiger partial charge in [0.2, 0.25) is 5.91 Å². The zero-order chi connectivity index (χ0) is 18.7.